The molecule has 0 radical (unpaired) electrons. The molecular weight excluding hydrogens is 269 g/mol. The third-order valence-electron chi connectivity index (χ3n) is 2.25. The molecule has 0 aliphatic rings. The maximum Gasteiger partial charge on any atom is 0.402 e. The zero-order valence-electron chi connectivity index (χ0n) is 9.61. The molecule has 0 amide bonds. The van der Waals surface area contributed by atoms with Gasteiger partial charge in [-0.2, -0.15) is 17.5 Å². The second kappa shape index (κ2) is 5.15. The number of sulfonamides is 1. The topological polar surface area (TPSA) is 63.4 Å². The van der Waals surface area contributed by atoms with Crippen LogP contribution in [0.15, 0.2) is 29.2 Å². The van der Waals surface area contributed by atoms with Crippen LogP contribution in [0.4, 0.5) is 18.9 Å². The lowest BCUT2D eigenvalue weighted by Crippen LogP contribution is -2.39. The van der Waals surface area contributed by atoms with Crippen LogP contribution >= 0.6 is 0 Å². The van der Waals surface area contributed by atoms with E-state index in [2.05, 4.69) is 0 Å². The molecule has 102 valence electrons. The number of rotatable bonds is 4. The maximum atomic E-state index is 12.3. The van der Waals surface area contributed by atoms with E-state index in [9.17, 15) is 21.6 Å². The van der Waals surface area contributed by atoms with Crippen molar-refractivity contribution in [3.63, 3.8) is 0 Å². The van der Waals surface area contributed by atoms with E-state index in [1.54, 1.807) is 0 Å². The number of halogens is 3. The summed E-state index contributed by atoms with van der Waals surface area (Å²) >= 11 is 0. The molecule has 1 aromatic rings. The number of hydrogen-bond acceptors (Lipinski definition) is 3. The van der Waals surface area contributed by atoms with Gasteiger partial charge in [0.1, 0.15) is 11.4 Å². The van der Waals surface area contributed by atoms with Crippen LogP contribution in [0.5, 0.6) is 0 Å². The minimum atomic E-state index is -4.59. The van der Waals surface area contributed by atoms with Crippen molar-refractivity contribution in [3.8, 4) is 0 Å². The lowest BCUT2D eigenvalue weighted by atomic mass is 10.3. The molecule has 18 heavy (non-hydrogen) atoms. The molecule has 0 aliphatic heterocycles. The Balaban J connectivity index is 3.16. The summed E-state index contributed by atoms with van der Waals surface area (Å²) < 4.78 is 61.3. The monoisotopic (exact) mass is 282 g/mol. The summed E-state index contributed by atoms with van der Waals surface area (Å²) in [5.74, 6) is 0. The molecule has 0 spiro atoms. The molecule has 0 aromatic heterocycles. The first-order chi connectivity index (χ1) is 8.18. The van der Waals surface area contributed by atoms with Crippen molar-refractivity contribution < 1.29 is 21.6 Å². The largest absolute Gasteiger partial charge is 0.402 e. The zero-order valence-corrected chi connectivity index (χ0v) is 10.4. The Bertz CT molecular complexity index is 514. The van der Waals surface area contributed by atoms with Gasteiger partial charge in [-0.15, -0.1) is 0 Å². The number of hydrogen-bond donors (Lipinski definition) is 1. The molecule has 0 fully saturated rings. The fourth-order valence-electron chi connectivity index (χ4n) is 1.42. The van der Waals surface area contributed by atoms with Crippen LogP contribution in [0.25, 0.3) is 0 Å². The van der Waals surface area contributed by atoms with Crippen molar-refractivity contribution >= 4 is 15.7 Å². The van der Waals surface area contributed by atoms with Gasteiger partial charge in [-0.05, 0) is 12.1 Å². The lowest BCUT2D eigenvalue weighted by Gasteiger charge is -2.22. The molecular formula is C10H13F3N2O2S. The summed E-state index contributed by atoms with van der Waals surface area (Å²) in [6, 6.07) is 5.43. The van der Waals surface area contributed by atoms with Gasteiger partial charge in [0.25, 0.3) is 0 Å². The smallest absolute Gasteiger partial charge is 0.398 e. The van der Waals surface area contributed by atoms with Gasteiger partial charge in [0.15, 0.2) is 0 Å². The van der Waals surface area contributed by atoms with Crippen LogP contribution in [0, 0.1) is 0 Å². The van der Waals surface area contributed by atoms with Crippen LogP contribution in [0.3, 0.4) is 0 Å². The Morgan fingerprint density at radius 2 is 1.83 bits per heavy atom. The van der Waals surface area contributed by atoms with Gasteiger partial charge in [0.2, 0.25) is 10.0 Å². The minimum Gasteiger partial charge on any atom is -0.398 e. The average molecular weight is 282 g/mol. The van der Waals surface area contributed by atoms with E-state index < -0.39 is 22.7 Å². The Hall–Kier alpha value is -1.28. The number of nitrogens with zero attached hydrogens (tertiary/aromatic N) is 1. The molecule has 0 atom stereocenters. The van der Waals surface area contributed by atoms with E-state index in [-0.39, 0.29) is 17.1 Å². The van der Waals surface area contributed by atoms with Crippen LogP contribution in [-0.2, 0) is 10.0 Å². The van der Waals surface area contributed by atoms with E-state index in [1.165, 1.54) is 31.2 Å². The predicted molar refractivity (Wildman–Crippen MR) is 61.3 cm³/mol. The molecule has 1 aromatic carbocycles. The van der Waals surface area contributed by atoms with E-state index >= 15 is 0 Å². The number of alkyl halides is 3. The summed E-state index contributed by atoms with van der Waals surface area (Å²) in [5.41, 5.74) is 5.40. The first-order valence-corrected chi connectivity index (χ1v) is 6.54. The molecule has 0 saturated carbocycles. The van der Waals surface area contributed by atoms with Crippen molar-refractivity contribution in [2.24, 2.45) is 0 Å². The highest BCUT2D eigenvalue weighted by molar-refractivity contribution is 7.89. The normalized spacial score (nSPS) is 12.9. The van der Waals surface area contributed by atoms with Crippen LogP contribution in [0.1, 0.15) is 6.92 Å². The number of benzene rings is 1. The molecule has 2 N–H and O–H groups in total. The third-order valence-corrected chi connectivity index (χ3v) is 4.24. The number of anilines is 1. The lowest BCUT2D eigenvalue weighted by molar-refractivity contribution is -0.135. The second-order valence-corrected chi connectivity index (χ2v) is 5.49. The van der Waals surface area contributed by atoms with Gasteiger partial charge >= 0.3 is 6.18 Å². The quantitative estimate of drug-likeness (QED) is 0.857. The van der Waals surface area contributed by atoms with Gasteiger partial charge in [-0.25, -0.2) is 8.42 Å². The SMILES string of the molecule is CCN(CC(F)(F)F)S(=O)(=O)c1ccccc1N. The first-order valence-electron chi connectivity index (χ1n) is 5.10. The second-order valence-electron chi connectivity index (χ2n) is 3.58. The molecule has 0 saturated heterocycles. The predicted octanol–water partition coefficient (Wildman–Crippen LogP) is 1.84. The Kier molecular flexibility index (Phi) is 4.23. The highest BCUT2D eigenvalue weighted by Gasteiger charge is 2.36. The highest BCUT2D eigenvalue weighted by Crippen LogP contribution is 2.25. The molecule has 0 aliphatic carbocycles. The van der Waals surface area contributed by atoms with E-state index in [0.29, 0.717) is 4.31 Å². The summed E-state index contributed by atoms with van der Waals surface area (Å²) in [6.45, 7) is -0.473. The Morgan fingerprint density at radius 3 is 2.28 bits per heavy atom. The summed E-state index contributed by atoms with van der Waals surface area (Å²) in [7, 11) is -4.23. The van der Waals surface area contributed by atoms with Gasteiger partial charge in [0, 0.05) is 6.54 Å². The van der Waals surface area contributed by atoms with Crippen LogP contribution in [0.2, 0.25) is 0 Å². The summed E-state index contributed by atoms with van der Waals surface area (Å²) in [5, 5.41) is 0. The first kappa shape index (κ1) is 14.8. The molecule has 4 nitrogen and oxygen atoms in total. The van der Waals surface area contributed by atoms with Crippen molar-refractivity contribution in [1.29, 1.82) is 0 Å². The zero-order chi connectivity index (χ0) is 14.0. The fraction of sp³-hybridized carbons (Fsp3) is 0.400. The number of nitrogen functional groups attached to an aromatic ring is 1. The van der Waals surface area contributed by atoms with Crippen LogP contribution < -0.4 is 5.73 Å². The van der Waals surface area contributed by atoms with Crippen molar-refractivity contribution in [1.82, 2.24) is 4.31 Å². The molecule has 0 bridgehead atoms. The van der Waals surface area contributed by atoms with Crippen molar-refractivity contribution in [2.75, 3.05) is 18.8 Å². The number of para-hydroxylation sites is 1. The van der Waals surface area contributed by atoms with E-state index in [0.717, 1.165) is 0 Å². The Labute approximate surface area is 103 Å². The van der Waals surface area contributed by atoms with Crippen molar-refractivity contribution in [2.45, 2.75) is 18.0 Å². The molecule has 1 rings (SSSR count). The van der Waals surface area contributed by atoms with Gasteiger partial charge in [0.05, 0.1) is 5.69 Å². The van der Waals surface area contributed by atoms with E-state index in [1.807, 2.05) is 0 Å². The molecule has 0 unspecified atom stereocenters. The molecule has 8 heteroatoms. The van der Waals surface area contributed by atoms with Crippen LogP contribution in [-0.4, -0.2) is 32.0 Å². The maximum absolute atomic E-state index is 12.3. The third kappa shape index (κ3) is 3.36. The fourth-order valence-corrected chi connectivity index (χ4v) is 2.97. The van der Waals surface area contributed by atoms with E-state index in [4.69, 9.17) is 5.73 Å². The summed E-state index contributed by atoms with van der Waals surface area (Å²) in [6.07, 6.45) is -4.59. The summed E-state index contributed by atoms with van der Waals surface area (Å²) in [4.78, 5) is -0.309. The van der Waals surface area contributed by atoms with Gasteiger partial charge in [-0.3, -0.25) is 0 Å². The standard InChI is InChI=1S/C10H13F3N2O2S/c1-2-15(7-10(11,12)13)18(16,17)9-6-4-3-5-8(9)14/h3-6H,2,7,14H2,1H3. The minimum absolute atomic E-state index is 0.0712. The van der Waals surface area contributed by atoms with Crippen molar-refractivity contribution in [3.05, 3.63) is 24.3 Å². The highest BCUT2D eigenvalue weighted by atomic mass is 32.2. The number of nitrogens with two attached hydrogens (primary N) is 1. The van der Waals surface area contributed by atoms with Gasteiger partial charge < -0.3 is 5.73 Å². The average Bonchev–Trinajstić information content (AvgIpc) is 2.24. The van der Waals surface area contributed by atoms with Gasteiger partial charge in [-0.1, -0.05) is 19.1 Å². The molecule has 0 heterocycles. The Morgan fingerprint density at radius 1 is 1.28 bits per heavy atom.